The van der Waals surface area contributed by atoms with Gasteiger partial charge in [-0.3, -0.25) is 0 Å². The number of hydrogen-bond donors (Lipinski definition) is 1. The van der Waals surface area contributed by atoms with Crippen molar-refractivity contribution in [3.8, 4) is 0 Å². The Bertz CT molecular complexity index is 637. The molecule has 1 atom stereocenters. The van der Waals surface area contributed by atoms with Crippen molar-refractivity contribution >= 4 is 5.82 Å². The maximum atomic E-state index is 12.4. The van der Waals surface area contributed by atoms with Crippen molar-refractivity contribution < 1.29 is 23.2 Å². The van der Waals surface area contributed by atoms with Crippen LogP contribution in [-0.2, 0) is 12.7 Å². The lowest BCUT2D eigenvalue weighted by atomic mass is 10.1. The summed E-state index contributed by atoms with van der Waals surface area (Å²) >= 11 is 0. The first-order chi connectivity index (χ1) is 9.77. The Labute approximate surface area is 116 Å². The van der Waals surface area contributed by atoms with E-state index in [4.69, 9.17) is 0 Å². The number of alkyl halides is 3. The quantitative estimate of drug-likeness (QED) is 0.695. The van der Waals surface area contributed by atoms with Crippen molar-refractivity contribution in [2.45, 2.75) is 18.8 Å². The highest BCUT2D eigenvalue weighted by Gasteiger charge is 2.30. The minimum atomic E-state index is -4.44. The van der Waals surface area contributed by atoms with Gasteiger partial charge in [-0.2, -0.15) is 17.9 Å². The van der Waals surface area contributed by atoms with E-state index in [0.29, 0.717) is 0 Å². The van der Waals surface area contributed by atoms with Crippen LogP contribution in [0.3, 0.4) is 0 Å². The highest BCUT2D eigenvalue weighted by Crippen LogP contribution is 2.30. The smallest absolute Gasteiger partial charge is 0.386 e. The largest absolute Gasteiger partial charge is 0.416 e. The minimum Gasteiger partial charge on any atom is -0.386 e. The topological polar surface area (TPSA) is 81.2 Å². The number of aromatic nitrogens is 2. The van der Waals surface area contributed by atoms with Gasteiger partial charge in [-0.25, -0.2) is 0 Å². The van der Waals surface area contributed by atoms with Gasteiger partial charge in [-0.1, -0.05) is 12.1 Å². The van der Waals surface area contributed by atoms with Crippen LogP contribution >= 0.6 is 0 Å². The molecule has 9 heteroatoms. The Morgan fingerprint density at radius 3 is 2.38 bits per heavy atom. The van der Waals surface area contributed by atoms with Gasteiger partial charge in [-0.15, -0.1) is 0 Å². The molecule has 0 saturated carbocycles. The van der Waals surface area contributed by atoms with Crippen LogP contribution in [0.25, 0.3) is 0 Å². The summed E-state index contributed by atoms with van der Waals surface area (Å²) in [6.45, 7) is -0.0980. The first-order valence-corrected chi connectivity index (χ1v) is 5.80. The molecular weight excluding hydrogens is 291 g/mol. The zero-order valence-electron chi connectivity index (χ0n) is 10.5. The maximum absolute atomic E-state index is 12.4. The Morgan fingerprint density at radius 1 is 1.29 bits per heavy atom. The Balaban J connectivity index is 2.09. The molecule has 21 heavy (non-hydrogen) atoms. The van der Waals surface area contributed by atoms with Gasteiger partial charge >= 0.3 is 12.0 Å². The van der Waals surface area contributed by atoms with Crippen LogP contribution < -0.4 is 0 Å². The number of hydrogen-bond acceptors (Lipinski definition) is 4. The number of aliphatic hydroxyl groups is 1. The van der Waals surface area contributed by atoms with Crippen LogP contribution in [0, 0.1) is 10.1 Å². The number of aliphatic hydroxyl groups excluding tert-OH is 1. The summed E-state index contributed by atoms with van der Waals surface area (Å²) < 4.78 is 38.4. The molecule has 1 aromatic heterocycles. The second kappa shape index (κ2) is 5.52. The summed E-state index contributed by atoms with van der Waals surface area (Å²) in [7, 11) is 0. The molecule has 2 rings (SSSR count). The van der Waals surface area contributed by atoms with Gasteiger partial charge in [0.15, 0.2) is 0 Å². The maximum Gasteiger partial charge on any atom is 0.416 e. The summed E-state index contributed by atoms with van der Waals surface area (Å²) in [6.07, 6.45) is -4.25. The van der Waals surface area contributed by atoms with E-state index in [0.717, 1.165) is 28.9 Å². The second-order valence-corrected chi connectivity index (χ2v) is 4.29. The highest BCUT2D eigenvalue weighted by atomic mass is 19.4. The molecule has 0 fully saturated rings. The number of benzene rings is 1. The Morgan fingerprint density at radius 2 is 1.90 bits per heavy atom. The normalized spacial score (nSPS) is 13.1. The summed E-state index contributed by atoms with van der Waals surface area (Å²) in [4.78, 5) is 9.78. The molecule has 0 unspecified atom stereocenters. The molecule has 0 bridgehead atoms. The molecule has 0 aliphatic heterocycles. The Hall–Kier alpha value is -2.42. The fraction of sp³-hybridized carbons (Fsp3) is 0.250. The van der Waals surface area contributed by atoms with Crippen molar-refractivity contribution in [3.63, 3.8) is 0 Å². The molecule has 6 nitrogen and oxygen atoms in total. The van der Waals surface area contributed by atoms with Crippen molar-refractivity contribution in [1.82, 2.24) is 9.78 Å². The van der Waals surface area contributed by atoms with Crippen LogP contribution in [0.1, 0.15) is 17.2 Å². The molecule has 1 heterocycles. The van der Waals surface area contributed by atoms with E-state index in [-0.39, 0.29) is 17.9 Å². The predicted molar refractivity (Wildman–Crippen MR) is 65.3 cm³/mol. The van der Waals surface area contributed by atoms with Crippen molar-refractivity contribution in [2.75, 3.05) is 0 Å². The third-order valence-corrected chi connectivity index (χ3v) is 2.80. The van der Waals surface area contributed by atoms with E-state index in [1.807, 2.05) is 0 Å². The second-order valence-electron chi connectivity index (χ2n) is 4.29. The van der Waals surface area contributed by atoms with Crippen LogP contribution in [0.4, 0.5) is 19.0 Å². The fourth-order valence-electron chi connectivity index (χ4n) is 1.73. The van der Waals surface area contributed by atoms with Gasteiger partial charge in [0.05, 0.1) is 29.5 Å². The van der Waals surface area contributed by atoms with Crippen LogP contribution in [0.15, 0.2) is 36.5 Å². The van der Waals surface area contributed by atoms with E-state index >= 15 is 0 Å². The van der Waals surface area contributed by atoms with E-state index in [2.05, 4.69) is 5.10 Å². The summed E-state index contributed by atoms with van der Waals surface area (Å²) in [6, 6.07) is 5.21. The number of nitro groups is 1. The van der Waals surface area contributed by atoms with Crippen molar-refractivity contribution in [1.29, 1.82) is 0 Å². The third kappa shape index (κ3) is 3.57. The molecule has 0 spiro atoms. The van der Waals surface area contributed by atoms with Gasteiger partial charge in [0.2, 0.25) is 0 Å². The molecule has 0 amide bonds. The van der Waals surface area contributed by atoms with Crippen LogP contribution in [-0.4, -0.2) is 19.8 Å². The van der Waals surface area contributed by atoms with E-state index in [9.17, 15) is 28.4 Å². The lowest BCUT2D eigenvalue weighted by Crippen LogP contribution is -2.10. The molecule has 1 N–H and O–H groups in total. The first kappa shape index (κ1) is 15.0. The van der Waals surface area contributed by atoms with E-state index in [1.165, 1.54) is 12.3 Å². The molecule has 0 saturated heterocycles. The van der Waals surface area contributed by atoms with Gasteiger partial charge < -0.3 is 15.2 Å². The lowest BCUT2D eigenvalue weighted by Gasteiger charge is -2.11. The number of nitrogens with zero attached hydrogens (tertiary/aromatic N) is 3. The molecular formula is C12H10F3N3O3. The first-order valence-electron chi connectivity index (χ1n) is 5.80. The summed E-state index contributed by atoms with van der Waals surface area (Å²) in [5.41, 5.74) is -0.547. The summed E-state index contributed by atoms with van der Waals surface area (Å²) in [5, 5.41) is 24.0. The number of rotatable bonds is 4. The molecule has 0 aliphatic rings. The molecule has 0 radical (unpaired) electrons. The lowest BCUT2D eigenvalue weighted by molar-refractivity contribution is -0.389. The average molecular weight is 301 g/mol. The summed E-state index contributed by atoms with van der Waals surface area (Å²) in [5.74, 6) is -0.366. The fourth-order valence-corrected chi connectivity index (χ4v) is 1.73. The molecule has 1 aromatic carbocycles. The van der Waals surface area contributed by atoms with Gasteiger partial charge in [0, 0.05) is 0 Å². The van der Waals surface area contributed by atoms with Gasteiger partial charge in [0.25, 0.3) is 0 Å². The minimum absolute atomic E-state index is 0.0980. The van der Waals surface area contributed by atoms with E-state index < -0.39 is 22.8 Å². The van der Waals surface area contributed by atoms with Gasteiger partial charge in [-0.05, 0) is 22.6 Å². The molecule has 0 aliphatic carbocycles. The third-order valence-electron chi connectivity index (χ3n) is 2.80. The van der Waals surface area contributed by atoms with Gasteiger partial charge in [0.1, 0.15) is 6.10 Å². The zero-order valence-corrected chi connectivity index (χ0v) is 10.5. The predicted octanol–water partition coefficient (Wildman–Crippen LogP) is 2.54. The SMILES string of the molecule is O=[N+]([O-])c1ccn(C[C@@H](O)c2ccc(C(F)(F)F)cc2)n1. The molecule has 112 valence electrons. The van der Waals surface area contributed by atoms with Crippen molar-refractivity contribution in [2.24, 2.45) is 0 Å². The Kier molecular flexibility index (Phi) is 3.94. The monoisotopic (exact) mass is 301 g/mol. The average Bonchev–Trinajstić information content (AvgIpc) is 2.86. The molecule has 2 aromatic rings. The number of halogens is 3. The van der Waals surface area contributed by atoms with Crippen LogP contribution in [0.2, 0.25) is 0 Å². The zero-order chi connectivity index (χ0) is 15.6. The van der Waals surface area contributed by atoms with Crippen LogP contribution in [0.5, 0.6) is 0 Å². The van der Waals surface area contributed by atoms with E-state index in [1.54, 1.807) is 0 Å². The standard InChI is InChI=1S/C12H10F3N3O3/c13-12(14,15)9-3-1-8(2-4-9)10(19)7-17-6-5-11(16-17)18(20)21/h1-6,10,19H,7H2/t10-/m1/s1. The highest BCUT2D eigenvalue weighted by molar-refractivity contribution is 5.26. The van der Waals surface area contributed by atoms with Crippen molar-refractivity contribution in [3.05, 3.63) is 57.8 Å².